The number of rotatable bonds is 4. The minimum Gasteiger partial charge on any atom is -0.508 e. The fourth-order valence-electron chi connectivity index (χ4n) is 2.56. The van der Waals surface area contributed by atoms with Gasteiger partial charge in [-0.3, -0.25) is 4.98 Å². The van der Waals surface area contributed by atoms with Crippen molar-refractivity contribution < 1.29 is 5.11 Å². The molecule has 0 amide bonds. The van der Waals surface area contributed by atoms with Gasteiger partial charge in [0.15, 0.2) is 0 Å². The Morgan fingerprint density at radius 3 is 2.42 bits per heavy atom. The summed E-state index contributed by atoms with van der Waals surface area (Å²) in [5.74, 6) is 0.405. The van der Waals surface area contributed by atoms with E-state index in [2.05, 4.69) is 21.4 Å². The molecule has 2 aromatic heterocycles. The Labute approximate surface area is 150 Å². The zero-order chi connectivity index (χ0) is 18.5. The van der Waals surface area contributed by atoms with Gasteiger partial charge in [-0.25, -0.2) is 4.98 Å². The summed E-state index contributed by atoms with van der Waals surface area (Å²) in [6, 6.07) is 14.0. The van der Waals surface area contributed by atoms with Crippen molar-refractivity contribution in [3.63, 3.8) is 0 Å². The predicted molar refractivity (Wildman–Crippen MR) is 96.7 cm³/mol. The number of pyridine rings is 2. The van der Waals surface area contributed by atoms with Gasteiger partial charge < -0.3 is 16.2 Å². The Balaban J connectivity index is 2.10. The van der Waals surface area contributed by atoms with Gasteiger partial charge in [0.1, 0.15) is 40.7 Å². The molecule has 0 atom stereocenters. The number of nitrogen functional groups attached to an aromatic ring is 1. The quantitative estimate of drug-likeness (QED) is 0.664. The van der Waals surface area contributed by atoms with E-state index in [0.717, 1.165) is 5.56 Å². The number of nitrogens with two attached hydrogens (primary N) is 1. The smallest absolute Gasteiger partial charge is 0.147 e. The van der Waals surface area contributed by atoms with Crippen LogP contribution in [-0.4, -0.2) is 15.1 Å². The molecule has 0 spiro atoms. The molecule has 3 rings (SSSR count). The first-order valence-corrected chi connectivity index (χ1v) is 7.70. The van der Waals surface area contributed by atoms with Crippen LogP contribution in [0.4, 0.5) is 11.6 Å². The minimum absolute atomic E-state index is 0.0308. The molecule has 0 fully saturated rings. The van der Waals surface area contributed by atoms with Crippen molar-refractivity contribution in [2.45, 2.75) is 6.54 Å². The van der Waals surface area contributed by atoms with Crippen LogP contribution in [0.3, 0.4) is 0 Å². The second-order valence-electron chi connectivity index (χ2n) is 5.46. The van der Waals surface area contributed by atoms with Gasteiger partial charge in [0.2, 0.25) is 0 Å². The third-order valence-corrected chi connectivity index (χ3v) is 3.79. The monoisotopic (exact) mass is 342 g/mol. The molecule has 0 saturated heterocycles. The van der Waals surface area contributed by atoms with Crippen molar-refractivity contribution in [3.8, 4) is 29.0 Å². The molecular weight excluding hydrogens is 328 g/mol. The lowest BCUT2D eigenvalue weighted by molar-refractivity contribution is 0.475. The van der Waals surface area contributed by atoms with Gasteiger partial charge in [-0.1, -0.05) is 18.2 Å². The highest BCUT2D eigenvalue weighted by atomic mass is 16.3. The van der Waals surface area contributed by atoms with Crippen LogP contribution in [0.5, 0.6) is 5.75 Å². The predicted octanol–water partition coefficient (Wildman–Crippen LogP) is 2.79. The number of hydrogen-bond donors (Lipinski definition) is 3. The molecule has 3 aromatic rings. The summed E-state index contributed by atoms with van der Waals surface area (Å²) < 4.78 is 0. The highest BCUT2D eigenvalue weighted by Crippen LogP contribution is 2.34. The van der Waals surface area contributed by atoms with E-state index in [1.54, 1.807) is 24.5 Å². The van der Waals surface area contributed by atoms with Gasteiger partial charge in [-0.05, 0) is 29.3 Å². The zero-order valence-electron chi connectivity index (χ0n) is 13.6. The van der Waals surface area contributed by atoms with E-state index in [9.17, 15) is 15.6 Å². The summed E-state index contributed by atoms with van der Waals surface area (Å²) in [5.41, 5.74) is 8.17. The Hall–Kier alpha value is -4.10. The number of aromatic hydroxyl groups is 1. The van der Waals surface area contributed by atoms with E-state index in [1.807, 2.05) is 18.2 Å². The number of aromatic nitrogens is 2. The van der Waals surface area contributed by atoms with Crippen LogP contribution in [-0.2, 0) is 6.54 Å². The molecule has 0 saturated carbocycles. The molecule has 26 heavy (non-hydrogen) atoms. The largest absolute Gasteiger partial charge is 0.508 e. The number of nitriles is 2. The highest BCUT2D eigenvalue weighted by molar-refractivity contribution is 5.85. The van der Waals surface area contributed by atoms with Crippen molar-refractivity contribution in [2.24, 2.45) is 0 Å². The van der Waals surface area contributed by atoms with Crippen LogP contribution in [0.1, 0.15) is 16.7 Å². The lowest BCUT2D eigenvalue weighted by Gasteiger charge is -2.14. The molecule has 0 bridgehead atoms. The number of phenols is 1. The Kier molecular flexibility index (Phi) is 4.64. The maximum Gasteiger partial charge on any atom is 0.147 e. The zero-order valence-corrected chi connectivity index (χ0v) is 13.6. The Bertz CT molecular complexity index is 1020. The van der Waals surface area contributed by atoms with Crippen molar-refractivity contribution in [1.29, 1.82) is 10.5 Å². The van der Waals surface area contributed by atoms with Crippen molar-refractivity contribution in [1.82, 2.24) is 9.97 Å². The first kappa shape index (κ1) is 16.7. The van der Waals surface area contributed by atoms with Gasteiger partial charge in [-0.2, -0.15) is 10.5 Å². The number of benzene rings is 1. The van der Waals surface area contributed by atoms with Crippen molar-refractivity contribution in [2.75, 3.05) is 11.1 Å². The second-order valence-corrected chi connectivity index (χ2v) is 5.46. The van der Waals surface area contributed by atoms with E-state index >= 15 is 0 Å². The standard InChI is InChI=1S/C19H14N6O/c20-8-15-17(13-3-5-14(26)6-4-13)16(9-21)19(25-18(15)22)24-11-12-2-1-7-23-10-12/h1-7,10,26H,11H2,(H3,22,24,25). The topological polar surface area (TPSA) is 132 Å². The van der Waals surface area contributed by atoms with E-state index < -0.39 is 0 Å². The van der Waals surface area contributed by atoms with Crippen LogP contribution < -0.4 is 11.1 Å². The fourth-order valence-corrected chi connectivity index (χ4v) is 2.56. The average molecular weight is 342 g/mol. The number of nitrogens with zero attached hydrogens (tertiary/aromatic N) is 4. The highest BCUT2D eigenvalue weighted by Gasteiger charge is 2.20. The normalized spacial score (nSPS) is 9.92. The molecule has 0 aliphatic rings. The molecule has 0 unspecified atom stereocenters. The van der Waals surface area contributed by atoms with Gasteiger partial charge in [0, 0.05) is 24.5 Å². The van der Waals surface area contributed by atoms with Crippen molar-refractivity contribution >= 4 is 11.6 Å². The first-order chi connectivity index (χ1) is 12.6. The van der Waals surface area contributed by atoms with E-state index in [0.29, 0.717) is 17.7 Å². The number of phenolic OH excluding ortho intramolecular Hbond substituents is 1. The second kappa shape index (κ2) is 7.20. The molecule has 0 radical (unpaired) electrons. The number of anilines is 2. The van der Waals surface area contributed by atoms with Crippen LogP contribution in [0.25, 0.3) is 11.1 Å². The van der Waals surface area contributed by atoms with E-state index in [-0.39, 0.29) is 28.5 Å². The number of hydrogen-bond acceptors (Lipinski definition) is 7. The van der Waals surface area contributed by atoms with Gasteiger partial charge in [0.25, 0.3) is 0 Å². The third-order valence-electron chi connectivity index (χ3n) is 3.79. The summed E-state index contributed by atoms with van der Waals surface area (Å²) in [5, 5.41) is 31.7. The third kappa shape index (κ3) is 3.23. The summed E-state index contributed by atoms with van der Waals surface area (Å²) in [6.45, 7) is 0.399. The van der Waals surface area contributed by atoms with Crippen LogP contribution >= 0.6 is 0 Å². The van der Waals surface area contributed by atoms with Crippen molar-refractivity contribution in [3.05, 3.63) is 65.5 Å². The van der Waals surface area contributed by atoms with E-state index in [4.69, 9.17) is 5.73 Å². The fraction of sp³-hybridized carbons (Fsp3) is 0.0526. The summed E-state index contributed by atoms with van der Waals surface area (Å²) in [6.07, 6.45) is 3.37. The molecule has 1 aromatic carbocycles. The van der Waals surface area contributed by atoms with Crippen LogP contribution in [0, 0.1) is 22.7 Å². The van der Waals surface area contributed by atoms with Crippen LogP contribution in [0.2, 0.25) is 0 Å². The molecule has 126 valence electrons. The molecule has 0 aliphatic carbocycles. The van der Waals surface area contributed by atoms with Gasteiger partial charge in [0.05, 0.1) is 0 Å². The summed E-state index contributed by atoms with van der Waals surface area (Å²) in [7, 11) is 0. The molecule has 0 aliphatic heterocycles. The molecule has 7 nitrogen and oxygen atoms in total. The Morgan fingerprint density at radius 2 is 1.81 bits per heavy atom. The first-order valence-electron chi connectivity index (χ1n) is 7.70. The van der Waals surface area contributed by atoms with E-state index in [1.165, 1.54) is 12.1 Å². The van der Waals surface area contributed by atoms with Gasteiger partial charge >= 0.3 is 0 Å². The SMILES string of the molecule is N#Cc1c(N)nc(NCc2cccnc2)c(C#N)c1-c1ccc(O)cc1. The lowest BCUT2D eigenvalue weighted by Crippen LogP contribution is -2.09. The summed E-state index contributed by atoms with van der Waals surface area (Å²) in [4.78, 5) is 8.23. The molecule has 7 heteroatoms. The van der Waals surface area contributed by atoms with Crippen LogP contribution in [0.15, 0.2) is 48.8 Å². The average Bonchev–Trinajstić information content (AvgIpc) is 2.67. The molecule has 4 N–H and O–H groups in total. The Morgan fingerprint density at radius 1 is 1.08 bits per heavy atom. The maximum absolute atomic E-state index is 9.68. The van der Waals surface area contributed by atoms with Gasteiger partial charge in [-0.15, -0.1) is 0 Å². The molecule has 2 heterocycles. The summed E-state index contributed by atoms with van der Waals surface area (Å²) >= 11 is 0. The minimum atomic E-state index is 0.0308. The lowest BCUT2D eigenvalue weighted by atomic mass is 9.96. The maximum atomic E-state index is 9.68. The number of nitrogens with one attached hydrogen (secondary N) is 1. The molecular formula is C19H14N6O.